The molecule has 4 fully saturated rings. The lowest BCUT2D eigenvalue weighted by Gasteiger charge is -2.56. The highest BCUT2D eigenvalue weighted by Crippen LogP contribution is 2.61. The molecule has 0 aromatic carbocycles. The fourth-order valence-corrected chi connectivity index (χ4v) is 6.42. The number of ether oxygens (including phenoxy) is 1. The highest BCUT2D eigenvalue weighted by molar-refractivity contribution is 7.09. The highest BCUT2D eigenvalue weighted by Gasteiger charge is 2.52. The van der Waals surface area contributed by atoms with E-state index in [0.29, 0.717) is 18.4 Å². The molecule has 0 unspecified atom stereocenters. The van der Waals surface area contributed by atoms with Gasteiger partial charge in [0.15, 0.2) is 0 Å². The standard InChI is InChI=1S/C17H23NO2S/c1-2-20-15(19)6-14-10-21-16(18-14)17-7-11-3-12(8-17)5-13(4-11)9-17/h10-13H,2-9H2,1H3. The molecule has 0 amide bonds. The molecule has 1 aromatic heterocycles. The van der Waals surface area contributed by atoms with Crippen LogP contribution in [0.25, 0.3) is 0 Å². The summed E-state index contributed by atoms with van der Waals surface area (Å²) in [7, 11) is 0. The van der Waals surface area contributed by atoms with E-state index in [9.17, 15) is 4.79 Å². The minimum absolute atomic E-state index is 0.153. The maximum absolute atomic E-state index is 11.6. The SMILES string of the molecule is CCOC(=O)Cc1csc(C23CC4CC(CC(C4)C2)C3)n1. The smallest absolute Gasteiger partial charge is 0.311 e. The van der Waals surface area contributed by atoms with E-state index in [1.807, 2.05) is 6.92 Å². The molecule has 4 aliphatic carbocycles. The van der Waals surface area contributed by atoms with Crippen molar-refractivity contribution in [3.05, 3.63) is 16.1 Å². The van der Waals surface area contributed by atoms with Crippen LogP contribution in [0.5, 0.6) is 0 Å². The largest absolute Gasteiger partial charge is 0.466 e. The van der Waals surface area contributed by atoms with Gasteiger partial charge in [-0.3, -0.25) is 4.79 Å². The fourth-order valence-electron chi connectivity index (χ4n) is 5.36. The van der Waals surface area contributed by atoms with Gasteiger partial charge in [-0.25, -0.2) is 4.98 Å². The molecule has 0 saturated heterocycles. The third-order valence-electron chi connectivity index (χ3n) is 5.67. The highest BCUT2D eigenvalue weighted by atomic mass is 32.1. The van der Waals surface area contributed by atoms with Gasteiger partial charge in [0.05, 0.1) is 23.7 Å². The van der Waals surface area contributed by atoms with Crippen molar-refractivity contribution in [2.24, 2.45) is 17.8 Å². The first kappa shape index (κ1) is 13.7. The molecular weight excluding hydrogens is 282 g/mol. The first-order valence-electron chi connectivity index (χ1n) is 8.27. The molecule has 3 nitrogen and oxygen atoms in total. The molecule has 4 saturated carbocycles. The van der Waals surface area contributed by atoms with Gasteiger partial charge in [0.25, 0.3) is 0 Å². The maximum Gasteiger partial charge on any atom is 0.311 e. The zero-order chi connectivity index (χ0) is 14.4. The third kappa shape index (κ3) is 2.41. The Kier molecular flexibility index (Phi) is 3.32. The van der Waals surface area contributed by atoms with Crippen LogP contribution < -0.4 is 0 Å². The molecule has 114 valence electrons. The Hall–Kier alpha value is -0.900. The quantitative estimate of drug-likeness (QED) is 0.796. The molecular formula is C17H23NO2S. The van der Waals surface area contributed by atoms with Gasteiger partial charge >= 0.3 is 5.97 Å². The number of hydrogen-bond acceptors (Lipinski definition) is 4. The Labute approximate surface area is 130 Å². The van der Waals surface area contributed by atoms with Gasteiger partial charge in [-0.1, -0.05) is 0 Å². The first-order chi connectivity index (χ1) is 10.2. The summed E-state index contributed by atoms with van der Waals surface area (Å²) in [5, 5.41) is 3.38. The predicted octanol–water partition coefficient (Wildman–Crippen LogP) is 3.72. The summed E-state index contributed by atoms with van der Waals surface area (Å²) in [5.74, 6) is 2.66. The topological polar surface area (TPSA) is 39.2 Å². The van der Waals surface area contributed by atoms with Gasteiger partial charge in [-0.05, 0) is 63.2 Å². The van der Waals surface area contributed by atoms with Crippen molar-refractivity contribution < 1.29 is 9.53 Å². The number of nitrogens with zero attached hydrogens (tertiary/aromatic N) is 1. The second-order valence-corrected chi connectivity index (χ2v) is 8.18. The Bertz CT molecular complexity index is 515. The van der Waals surface area contributed by atoms with Crippen molar-refractivity contribution in [3.63, 3.8) is 0 Å². The van der Waals surface area contributed by atoms with E-state index >= 15 is 0 Å². The Balaban J connectivity index is 1.54. The molecule has 21 heavy (non-hydrogen) atoms. The Morgan fingerprint density at radius 2 is 1.90 bits per heavy atom. The lowest BCUT2D eigenvalue weighted by molar-refractivity contribution is -0.142. The zero-order valence-corrected chi connectivity index (χ0v) is 13.5. The van der Waals surface area contributed by atoms with Crippen LogP contribution in [-0.2, 0) is 21.4 Å². The fraction of sp³-hybridized carbons (Fsp3) is 0.765. The summed E-state index contributed by atoms with van der Waals surface area (Å²) in [6.45, 7) is 2.30. The molecule has 0 atom stereocenters. The lowest BCUT2D eigenvalue weighted by atomic mass is 9.50. The zero-order valence-electron chi connectivity index (χ0n) is 12.6. The van der Waals surface area contributed by atoms with Crippen LogP contribution in [-0.4, -0.2) is 17.6 Å². The summed E-state index contributed by atoms with van der Waals surface area (Å²) in [6.07, 6.45) is 8.72. The minimum atomic E-state index is -0.153. The molecule has 4 bridgehead atoms. The second kappa shape index (κ2) is 5.08. The lowest BCUT2D eigenvalue weighted by Crippen LogP contribution is -2.48. The monoisotopic (exact) mass is 305 g/mol. The van der Waals surface area contributed by atoms with Crippen molar-refractivity contribution in [3.8, 4) is 0 Å². The number of esters is 1. The molecule has 1 heterocycles. The molecule has 0 spiro atoms. The van der Waals surface area contributed by atoms with Crippen LogP contribution in [0.1, 0.15) is 56.2 Å². The van der Waals surface area contributed by atoms with Crippen molar-refractivity contribution in [2.75, 3.05) is 6.61 Å². The summed E-state index contributed by atoms with van der Waals surface area (Å²) >= 11 is 1.78. The van der Waals surface area contributed by atoms with E-state index in [2.05, 4.69) is 5.38 Å². The van der Waals surface area contributed by atoms with Gasteiger partial charge in [0, 0.05) is 10.8 Å². The van der Waals surface area contributed by atoms with Gasteiger partial charge < -0.3 is 4.74 Å². The Morgan fingerprint density at radius 1 is 1.29 bits per heavy atom. The average Bonchev–Trinajstić information content (AvgIpc) is 2.86. The van der Waals surface area contributed by atoms with Crippen LogP contribution in [0.4, 0.5) is 0 Å². The molecule has 0 radical (unpaired) electrons. The number of hydrogen-bond donors (Lipinski definition) is 0. The molecule has 1 aromatic rings. The van der Waals surface area contributed by atoms with E-state index in [1.54, 1.807) is 11.3 Å². The van der Waals surface area contributed by atoms with Gasteiger partial charge in [0.2, 0.25) is 0 Å². The number of thiazole rings is 1. The van der Waals surface area contributed by atoms with Crippen molar-refractivity contribution in [1.82, 2.24) is 4.98 Å². The summed E-state index contributed by atoms with van der Waals surface area (Å²) in [4.78, 5) is 16.5. The van der Waals surface area contributed by atoms with Crippen LogP contribution in [0.2, 0.25) is 0 Å². The predicted molar refractivity (Wildman–Crippen MR) is 82.3 cm³/mol. The second-order valence-electron chi connectivity index (χ2n) is 7.32. The van der Waals surface area contributed by atoms with Crippen molar-refractivity contribution in [2.45, 2.75) is 57.3 Å². The minimum Gasteiger partial charge on any atom is -0.466 e. The van der Waals surface area contributed by atoms with E-state index in [0.717, 1.165) is 23.4 Å². The number of carbonyl (C=O) groups is 1. The summed E-state index contributed by atoms with van der Waals surface area (Å²) in [5.41, 5.74) is 1.26. The number of rotatable bonds is 4. The first-order valence-corrected chi connectivity index (χ1v) is 9.15. The van der Waals surface area contributed by atoms with Gasteiger partial charge in [-0.15, -0.1) is 11.3 Å². The molecule has 0 N–H and O–H groups in total. The molecule has 4 heteroatoms. The van der Waals surface area contributed by atoms with Crippen molar-refractivity contribution in [1.29, 1.82) is 0 Å². The van der Waals surface area contributed by atoms with Crippen LogP contribution in [0, 0.1) is 17.8 Å². The average molecular weight is 305 g/mol. The van der Waals surface area contributed by atoms with Crippen molar-refractivity contribution >= 4 is 17.3 Å². The summed E-state index contributed by atoms with van der Waals surface area (Å²) in [6, 6.07) is 0. The molecule has 4 aliphatic rings. The van der Waals surface area contributed by atoms with Gasteiger partial charge in [-0.2, -0.15) is 0 Å². The van der Waals surface area contributed by atoms with E-state index in [-0.39, 0.29) is 5.97 Å². The number of aromatic nitrogens is 1. The number of carbonyl (C=O) groups excluding carboxylic acids is 1. The van der Waals surface area contributed by atoms with E-state index in [4.69, 9.17) is 9.72 Å². The third-order valence-corrected chi connectivity index (χ3v) is 6.81. The van der Waals surface area contributed by atoms with Crippen LogP contribution in [0.3, 0.4) is 0 Å². The normalized spacial score (nSPS) is 36.9. The van der Waals surface area contributed by atoms with Crippen LogP contribution in [0.15, 0.2) is 5.38 Å². The van der Waals surface area contributed by atoms with E-state index < -0.39 is 0 Å². The summed E-state index contributed by atoms with van der Waals surface area (Å²) < 4.78 is 5.03. The molecule has 0 aliphatic heterocycles. The van der Waals surface area contributed by atoms with Gasteiger partial charge in [0.1, 0.15) is 0 Å². The van der Waals surface area contributed by atoms with Crippen LogP contribution >= 0.6 is 11.3 Å². The van der Waals surface area contributed by atoms with E-state index in [1.165, 1.54) is 43.5 Å². The molecule has 5 rings (SSSR count). The maximum atomic E-state index is 11.6. The Morgan fingerprint density at radius 3 is 2.48 bits per heavy atom.